The van der Waals surface area contributed by atoms with Crippen molar-refractivity contribution in [1.82, 2.24) is 9.47 Å². The van der Waals surface area contributed by atoms with Crippen LogP contribution in [0.3, 0.4) is 0 Å². The summed E-state index contributed by atoms with van der Waals surface area (Å²) in [6.45, 7) is 6.98. The Kier molecular flexibility index (Phi) is 7.94. The Balaban J connectivity index is 1.65. The zero-order valence-corrected chi connectivity index (χ0v) is 19.8. The number of aryl methyl sites for hydroxylation is 1. The molecule has 1 aromatic heterocycles. The Morgan fingerprint density at radius 3 is 2.52 bits per heavy atom. The van der Waals surface area contributed by atoms with Crippen LogP contribution in [0, 0.1) is 25.2 Å². The molecule has 0 N–H and O–H groups in total. The van der Waals surface area contributed by atoms with E-state index in [1.807, 2.05) is 50.2 Å². The predicted molar refractivity (Wildman–Crippen MR) is 125 cm³/mol. The smallest absolute Gasteiger partial charge is 0.349 e. The van der Waals surface area contributed by atoms with Gasteiger partial charge in [0.25, 0.3) is 5.91 Å². The van der Waals surface area contributed by atoms with Gasteiger partial charge in [-0.1, -0.05) is 19.1 Å². The summed E-state index contributed by atoms with van der Waals surface area (Å²) in [5.41, 5.74) is 3.72. The molecule has 33 heavy (non-hydrogen) atoms. The third-order valence-electron chi connectivity index (χ3n) is 5.85. The van der Waals surface area contributed by atoms with Gasteiger partial charge in [0.05, 0.1) is 7.11 Å². The van der Waals surface area contributed by atoms with Gasteiger partial charge in [0.2, 0.25) is 0 Å². The number of nitriles is 1. The quantitative estimate of drug-likeness (QED) is 0.309. The molecule has 0 spiro atoms. The largest absolute Gasteiger partial charge is 0.497 e. The number of nitrogens with zero attached hydrogens (tertiary/aromatic N) is 3. The van der Waals surface area contributed by atoms with Crippen LogP contribution in [0.5, 0.6) is 5.75 Å². The van der Waals surface area contributed by atoms with Gasteiger partial charge in [-0.25, -0.2) is 4.79 Å². The second-order valence-electron chi connectivity index (χ2n) is 8.32. The number of carbonyl (C=O) groups is 2. The molecular weight excluding hydrogens is 418 g/mol. The number of benzene rings is 1. The third kappa shape index (κ3) is 6.04. The first kappa shape index (κ1) is 24.1. The number of ether oxygens (including phenoxy) is 2. The van der Waals surface area contributed by atoms with Crippen molar-refractivity contribution in [3.8, 4) is 11.8 Å². The standard InChI is InChI=1S/C26H31N3O4/c1-5-12-28-18(2)13-21(19(28)3)14-22(15-27)26(31)33-17-25(30)29(23-8-9-23)16-20-6-10-24(32-4)11-7-20/h6-7,10-11,13-14,23H,5,8-9,12,16-17H2,1-4H3/b22-14+. The lowest BCUT2D eigenvalue weighted by Gasteiger charge is -2.22. The fraction of sp³-hybridized carbons (Fsp3) is 0.423. The number of rotatable bonds is 10. The maximum absolute atomic E-state index is 12.8. The van der Waals surface area contributed by atoms with E-state index in [1.54, 1.807) is 12.0 Å². The van der Waals surface area contributed by atoms with Gasteiger partial charge in [0, 0.05) is 30.5 Å². The molecule has 1 heterocycles. The van der Waals surface area contributed by atoms with Crippen molar-refractivity contribution in [2.45, 2.75) is 59.2 Å². The van der Waals surface area contributed by atoms with Crippen LogP contribution in [0.2, 0.25) is 0 Å². The highest BCUT2D eigenvalue weighted by atomic mass is 16.5. The van der Waals surface area contributed by atoms with E-state index in [4.69, 9.17) is 9.47 Å². The number of amides is 1. The van der Waals surface area contributed by atoms with Crippen LogP contribution in [-0.2, 0) is 27.4 Å². The molecule has 3 rings (SSSR count). The van der Waals surface area contributed by atoms with Crippen LogP contribution in [-0.4, -0.2) is 41.1 Å². The molecule has 0 unspecified atom stereocenters. The summed E-state index contributed by atoms with van der Waals surface area (Å²) in [7, 11) is 1.61. The van der Waals surface area contributed by atoms with E-state index in [-0.39, 0.29) is 24.1 Å². The van der Waals surface area contributed by atoms with Crippen LogP contribution in [0.1, 0.15) is 48.7 Å². The third-order valence-corrected chi connectivity index (χ3v) is 5.85. The summed E-state index contributed by atoms with van der Waals surface area (Å²) >= 11 is 0. The van der Waals surface area contributed by atoms with Crippen molar-refractivity contribution in [3.05, 3.63) is 58.4 Å². The number of aromatic nitrogens is 1. The zero-order valence-electron chi connectivity index (χ0n) is 19.8. The highest BCUT2D eigenvalue weighted by Gasteiger charge is 2.33. The number of methoxy groups -OCH3 is 1. The number of hydrogen-bond donors (Lipinski definition) is 0. The molecule has 7 heteroatoms. The summed E-state index contributed by atoms with van der Waals surface area (Å²) in [5.74, 6) is -0.297. The molecule has 0 saturated heterocycles. The molecule has 1 saturated carbocycles. The molecule has 1 aromatic carbocycles. The maximum atomic E-state index is 12.8. The van der Waals surface area contributed by atoms with Crippen molar-refractivity contribution in [2.75, 3.05) is 13.7 Å². The second kappa shape index (κ2) is 10.9. The molecule has 174 valence electrons. The van der Waals surface area contributed by atoms with Crippen molar-refractivity contribution in [1.29, 1.82) is 5.26 Å². The summed E-state index contributed by atoms with van der Waals surface area (Å²) in [6.07, 6.45) is 4.40. The first-order chi connectivity index (χ1) is 15.9. The van der Waals surface area contributed by atoms with Gasteiger partial charge in [-0.05, 0) is 68.5 Å². The molecule has 1 aliphatic carbocycles. The van der Waals surface area contributed by atoms with Crippen molar-refractivity contribution >= 4 is 18.0 Å². The summed E-state index contributed by atoms with van der Waals surface area (Å²) < 4.78 is 12.6. The fourth-order valence-corrected chi connectivity index (χ4v) is 3.86. The molecular formula is C26H31N3O4. The van der Waals surface area contributed by atoms with Gasteiger partial charge in [-0.2, -0.15) is 5.26 Å². The van der Waals surface area contributed by atoms with Gasteiger partial charge in [-0.15, -0.1) is 0 Å². The van der Waals surface area contributed by atoms with Crippen molar-refractivity contribution in [2.24, 2.45) is 0 Å². The van der Waals surface area contributed by atoms with Crippen LogP contribution >= 0.6 is 0 Å². The lowest BCUT2D eigenvalue weighted by Crippen LogP contribution is -2.36. The molecule has 0 radical (unpaired) electrons. The number of hydrogen-bond acceptors (Lipinski definition) is 5. The Morgan fingerprint density at radius 1 is 1.24 bits per heavy atom. The van der Waals surface area contributed by atoms with Crippen molar-refractivity contribution in [3.63, 3.8) is 0 Å². The monoisotopic (exact) mass is 449 g/mol. The molecule has 2 aromatic rings. The zero-order chi connectivity index (χ0) is 24.0. The highest BCUT2D eigenvalue weighted by molar-refractivity contribution is 5.99. The fourth-order valence-electron chi connectivity index (χ4n) is 3.86. The summed E-state index contributed by atoms with van der Waals surface area (Å²) in [5, 5.41) is 9.51. The molecule has 1 aliphatic rings. The van der Waals surface area contributed by atoms with E-state index in [9.17, 15) is 14.9 Å². The van der Waals surface area contributed by atoms with Crippen LogP contribution in [0.4, 0.5) is 0 Å². The van der Waals surface area contributed by atoms with Crippen LogP contribution in [0.15, 0.2) is 35.9 Å². The van der Waals surface area contributed by atoms with Gasteiger partial charge < -0.3 is 18.9 Å². The lowest BCUT2D eigenvalue weighted by atomic mass is 10.1. The van der Waals surface area contributed by atoms with Gasteiger partial charge in [0.15, 0.2) is 6.61 Å². The van der Waals surface area contributed by atoms with E-state index < -0.39 is 5.97 Å². The van der Waals surface area contributed by atoms with Gasteiger partial charge in [0.1, 0.15) is 17.4 Å². The van der Waals surface area contributed by atoms with Gasteiger partial charge in [-0.3, -0.25) is 4.79 Å². The topological polar surface area (TPSA) is 84.6 Å². The van der Waals surface area contributed by atoms with E-state index >= 15 is 0 Å². The molecule has 7 nitrogen and oxygen atoms in total. The minimum absolute atomic E-state index is 0.118. The maximum Gasteiger partial charge on any atom is 0.349 e. The van der Waals surface area contributed by atoms with Gasteiger partial charge >= 0.3 is 5.97 Å². The average molecular weight is 450 g/mol. The second-order valence-corrected chi connectivity index (χ2v) is 8.32. The van der Waals surface area contributed by atoms with E-state index in [0.29, 0.717) is 6.54 Å². The summed E-state index contributed by atoms with van der Waals surface area (Å²) in [4.78, 5) is 27.1. The minimum atomic E-state index is -0.786. The molecule has 1 fully saturated rings. The van der Waals surface area contributed by atoms with E-state index in [1.165, 1.54) is 6.08 Å². The van der Waals surface area contributed by atoms with Crippen LogP contribution in [0.25, 0.3) is 6.08 Å². The predicted octanol–water partition coefficient (Wildman–Crippen LogP) is 4.16. The lowest BCUT2D eigenvalue weighted by molar-refractivity contribution is -0.149. The Morgan fingerprint density at radius 2 is 1.94 bits per heavy atom. The van der Waals surface area contributed by atoms with Crippen molar-refractivity contribution < 1.29 is 19.1 Å². The molecule has 1 amide bonds. The minimum Gasteiger partial charge on any atom is -0.497 e. The highest BCUT2D eigenvalue weighted by Crippen LogP contribution is 2.29. The summed E-state index contributed by atoms with van der Waals surface area (Å²) in [6, 6.07) is 11.6. The van der Waals surface area contributed by atoms with E-state index in [2.05, 4.69) is 11.5 Å². The first-order valence-electron chi connectivity index (χ1n) is 11.3. The first-order valence-corrected chi connectivity index (χ1v) is 11.3. The number of carbonyl (C=O) groups excluding carboxylic acids is 2. The Hall–Kier alpha value is -3.53. The Labute approximate surface area is 195 Å². The number of esters is 1. The van der Waals surface area contributed by atoms with E-state index in [0.717, 1.165) is 54.1 Å². The normalized spacial score (nSPS) is 13.4. The molecule has 0 bridgehead atoms. The molecule has 0 atom stereocenters. The average Bonchev–Trinajstić information content (AvgIpc) is 3.63. The van der Waals surface area contributed by atoms with Crippen LogP contribution < -0.4 is 4.74 Å². The SMILES string of the molecule is CCCn1c(C)cc(/C=C(\C#N)C(=O)OCC(=O)N(Cc2ccc(OC)cc2)C2CC2)c1C. The Bertz CT molecular complexity index is 1070. The molecule has 0 aliphatic heterocycles.